The van der Waals surface area contributed by atoms with Crippen molar-refractivity contribution in [2.75, 3.05) is 14.7 Å². The molecule has 0 saturated heterocycles. The molecular formula is C82H90BN3O. The fourth-order valence-corrected chi connectivity index (χ4v) is 18.8. The molecule has 5 heteroatoms. The fourth-order valence-electron chi connectivity index (χ4n) is 18.8. The van der Waals surface area contributed by atoms with E-state index in [1.165, 1.54) is 156 Å². The minimum atomic E-state index is -0.145. The molecule has 0 spiro atoms. The van der Waals surface area contributed by atoms with Crippen LogP contribution in [0.15, 0.2) is 138 Å². The molecule has 1 aromatic heterocycles. The van der Waals surface area contributed by atoms with Gasteiger partial charge in [0.15, 0.2) is 5.58 Å². The van der Waals surface area contributed by atoms with Gasteiger partial charge in [-0.05, 0) is 243 Å². The van der Waals surface area contributed by atoms with Crippen molar-refractivity contribution in [3.63, 3.8) is 0 Å². The van der Waals surface area contributed by atoms with Gasteiger partial charge in [0.05, 0.1) is 11.2 Å². The van der Waals surface area contributed by atoms with Gasteiger partial charge in [-0.2, -0.15) is 0 Å². The van der Waals surface area contributed by atoms with Crippen LogP contribution in [-0.2, 0) is 37.9 Å². The first kappa shape index (κ1) is 55.3. The molecule has 1 saturated carbocycles. The number of anilines is 8. The highest BCUT2D eigenvalue weighted by Crippen LogP contribution is 2.63. The van der Waals surface area contributed by atoms with Gasteiger partial charge in [0, 0.05) is 56.0 Å². The third-order valence-electron chi connectivity index (χ3n) is 24.8. The molecule has 9 aromatic rings. The molecule has 8 aromatic carbocycles. The van der Waals surface area contributed by atoms with Crippen LogP contribution in [0.25, 0.3) is 33.1 Å². The Bertz CT molecular complexity index is 4470. The number of nitrogens with zero attached hydrogens (tertiary/aromatic N) is 3. The quantitative estimate of drug-likeness (QED) is 0.164. The number of benzene rings is 8. The van der Waals surface area contributed by atoms with E-state index in [1.54, 1.807) is 0 Å². The number of fused-ring (bicyclic) bond motifs is 13. The first-order chi connectivity index (χ1) is 41.1. The molecule has 0 radical (unpaired) electrons. The Morgan fingerprint density at radius 1 is 0.379 bits per heavy atom. The molecule has 0 amide bonds. The summed E-state index contributed by atoms with van der Waals surface area (Å²) >= 11 is 0. The lowest BCUT2D eigenvalue weighted by atomic mass is 9.33. The molecule has 87 heavy (non-hydrogen) atoms. The smallest absolute Gasteiger partial charge is 0.252 e. The molecule has 4 nitrogen and oxygen atoms in total. The summed E-state index contributed by atoms with van der Waals surface area (Å²) in [6, 6.07) is 54.0. The van der Waals surface area contributed by atoms with Gasteiger partial charge < -0.3 is 19.1 Å². The Morgan fingerprint density at radius 3 is 1.57 bits per heavy atom. The monoisotopic (exact) mass is 1140 g/mol. The highest BCUT2D eigenvalue weighted by atomic mass is 16.3. The van der Waals surface area contributed by atoms with Crippen LogP contribution in [0.2, 0.25) is 0 Å². The Kier molecular flexibility index (Phi) is 11.4. The van der Waals surface area contributed by atoms with Crippen LogP contribution in [0.5, 0.6) is 0 Å². The van der Waals surface area contributed by atoms with Crippen molar-refractivity contribution < 1.29 is 4.42 Å². The maximum absolute atomic E-state index is 7.08. The Morgan fingerprint density at radius 2 is 0.908 bits per heavy atom. The molecule has 442 valence electrons. The van der Waals surface area contributed by atoms with Crippen molar-refractivity contribution >= 4 is 90.5 Å². The minimum absolute atomic E-state index is 0.00260. The van der Waals surface area contributed by atoms with Crippen molar-refractivity contribution in [1.82, 2.24) is 0 Å². The molecule has 0 bridgehead atoms. The van der Waals surface area contributed by atoms with Gasteiger partial charge in [0.2, 0.25) is 0 Å². The number of hydrogen-bond acceptors (Lipinski definition) is 4. The lowest BCUT2D eigenvalue weighted by Crippen LogP contribution is -2.62. The van der Waals surface area contributed by atoms with Crippen LogP contribution in [-0.4, -0.2) is 12.3 Å². The first-order valence-electron chi connectivity index (χ1n) is 33.4. The number of furan rings is 1. The minimum Gasteiger partial charge on any atom is -0.454 e. The van der Waals surface area contributed by atoms with Crippen molar-refractivity contribution in [1.29, 1.82) is 0 Å². The molecule has 0 N–H and O–H groups in total. The van der Waals surface area contributed by atoms with Crippen LogP contribution in [0.1, 0.15) is 211 Å². The number of para-hydroxylation sites is 2. The zero-order valence-electron chi connectivity index (χ0n) is 55.1. The molecule has 4 heterocycles. The summed E-state index contributed by atoms with van der Waals surface area (Å²) in [7, 11) is 0. The summed E-state index contributed by atoms with van der Waals surface area (Å²) in [6.07, 6.45) is 11.8. The Hall–Kier alpha value is -6.98. The zero-order chi connectivity index (χ0) is 60.7. The predicted molar refractivity (Wildman–Crippen MR) is 371 cm³/mol. The summed E-state index contributed by atoms with van der Waals surface area (Å²) in [5.41, 5.74) is 32.1. The van der Waals surface area contributed by atoms with E-state index in [1.807, 2.05) is 0 Å². The maximum atomic E-state index is 7.08. The molecular weight excluding hydrogens is 1050 g/mol. The van der Waals surface area contributed by atoms with Gasteiger partial charge in [-0.15, -0.1) is 0 Å². The Balaban J connectivity index is 0.961. The SMILES string of the molecule is Cc1cc2c3c(c1)N(c1cccc4c1oc1ccccc14)c1cc4c(cc1B3c1ccc(N3c5ccc(-c6ccc7c(c6)C(C)(C)CCC7(C)C)cc5C5(C)CCCCC35C)cc1N2c1cc2c(cc1C)C(C)(C)CCC2(C)C)C(C)(C)CCC4(C)C. The van der Waals surface area contributed by atoms with Gasteiger partial charge in [-0.25, -0.2) is 0 Å². The van der Waals surface area contributed by atoms with Gasteiger partial charge >= 0.3 is 0 Å². The number of aryl methyl sites for hydroxylation is 2. The van der Waals surface area contributed by atoms with E-state index >= 15 is 0 Å². The average molecular weight is 1140 g/mol. The summed E-state index contributed by atoms with van der Waals surface area (Å²) in [4.78, 5) is 8.23. The molecule has 7 aliphatic rings. The molecule has 4 aliphatic carbocycles. The number of rotatable bonds is 4. The van der Waals surface area contributed by atoms with Crippen molar-refractivity contribution in [2.45, 2.75) is 218 Å². The first-order valence-corrected chi connectivity index (χ1v) is 33.4. The van der Waals surface area contributed by atoms with Crippen LogP contribution < -0.4 is 31.1 Å². The van der Waals surface area contributed by atoms with Crippen molar-refractivity contribution in [3.05, 3.63) is 184 Å². The lowest BCUT2D eigenvalue weighted by Gasteiger charge is -2.51. The van der Waals surface area contributed by atoms with Crippen molar-refractivity contribution in [3.8, 4) is 11.1 Å². The normalized spacial score (nSPS) is 23.5. The lowest BCUT2D eigenvalue weighted by molar-refractivity contribution is 0.195. The van der Waals surface area contributed by atoms with E-state index in [0.717, 1.165) is 53.3 Å². The van der Waals surface area contributed by atoms with Crippen molar-refractivity contribution in [2.24, 2.45) is 0 Å². The zero-order valence-corrected chi connectivity index (χ0v) is 55.1. The third-order valence-corrected chi connectivity index (χ3v) is 24.8. The van der Waals surface area contributed by atoms with E-state index in [9.17, 15) is 0 Å². The summed E-state index contributed by atoms with van der Waals surface area (Å²) in [5, 5.41) is 2.30. The molecule has 16 rings (SSSR count). The second-order valence-electron chi connectivity index (χ2n) is 32.9. The van der Waals surface area contributed by atoms with Crippen LogP contribution in [0.4, 0.5) is 45.5 Å². The van der Waals surface area contributed by atoms with E-state index in [2.05, 4.69) is 259 Å². The maximum Gasteiger partial charge on any atom is 0.252 e. The van der Waals surface area contributed by atoms with Gasteiger partial charge in [-0.3, -0.25) is 0 Å². The van der Waals surface area contributed by atoms with E-state index in [4.69, 9.17) is 4.42 Å². The van der Waals surface area contributed by atoms with Crippen LogP contribution in [0, 0.1) is 13.8 Å². The highest BCUT2D eigenvalue weighted by Gasteiger charge is 2.58. The van der Waals surface area contributed by atoms with Crippen LogP contribution >= 0.6 is 0 Å². The van der Waals surface area contributed by atoms with E-state index < -0.39 is 0 Å². The topological polar surface area (TPSA) is 22.9 Å². The Labute approximate surface area is 519 Å². The molecule has 2 atom stereocenters. The number of hydrogen-bond donors (Lipinski definition) is 0. The molecule has 2 unspecified atom stereocenters. The van der Waals surface area contributed by atoms with Gasteiger partial charge in [-0.1, -0.05) is 176 Å². The second kappa shape index (κ2) is 17.9. The third kappa shape index (κ3) is 7.62. The molecule has 1 fully saturated rings. The van der Waals surface area contributed by atoms with Gasteiger partial charge in [0.25, 0.3) is 6.71 Å². The highest BCUT2D eigenvalue weighted by molar-refractivity contribution is 7.00. The van der Waals surface area contributed by atoms with Gasteiger partial charge in [0.1, 0.15) is 5.58 Å². The van der Waals surface area contributed by atoms with Crippen LogP contribution in [0.3, 0.4) is 0 Å². The summed E-state index contributed by atoms with van der Waals surface area (Å²) in [6.45, 7) is 39.7. The predicted octanol–water partition coefficient (Wildman–Crippen LogP) is 20.7. The average Bonchev–Trinajstić information content (AvgIpc) is 1.53. The van der Waals surface area contributed by atoms with E-state index in [0.29, 0.717) is 0 Å². The second-order valence-corrected chi connectivity index (χ2v) is 32.9. The summed E-state index contributed by atoms with van der Waals surface area (Å²) < 4.78 is 7.08. The fraction of sp³-hybridized carbons (Fsp3) is 0.415. The standard InChI is InChI=1S/C82H90BN3O/c1-49-40-70-73-71(41-49)85(67-47-60-57(42-50(67)2)76(5,6)36-38-79(60,11)12)68-45-53(86-65-31-27-52(44-62(65)81(15)32-19-20-33-82(81,86)16)51-26-29-56-58(43-51)77(7,8)35-34-75(56,3)4)28-30-63(68)83(73)64-46-59-61(80(13,14)39-37-78(59,9)10)48-69(64)84(70)66-24-21-23-55-54-22-17-18-25-72(54)87-74(55)66/h17-18,21-31,40-48H,19-20,32-39H2,1-16H3. The summed E-state index contributed by atoms with van der Waals surface area (Å²) in [5.74, 6) is 0. The molecule has 3 aliphatic heterocycles. The van der Waals surface area contributed by atoms with E-state index in [-0.39, 0.29) is 50.2 Å². The largest absolute Gasteiger partial charge is 0.454 e.